The van der Waals surface area contributed by atoms with Crippen LogP contribution in [0.5, 0.6) is 0 Å². The summed E-state index contributed by atoms with van der Waals surface area (Å²) in [7, 11) is 0. The zero-order chi connectivity index (χ0) is 19.3. The van der Waals surface area contributed by atoms with E-state index in [1.54, 1.807) is 11.8 Å². The van der Waals surface area contributed by atoms with Crippen LogP contribution in [0.15, 0.2) is 42.5 Å². The van der Waals surface area contributed by atoms with Gasteiger partial charge in [0.1, 0.15) is 10.9 Å². The lowest BCUT2D eigenvalue weighted by Crippen LogP contribution is -2.48. The molecule has 2 atom stereocenters. The molecule has 0 spiro atoms. The van der Waals surface area contributed by atoms with E-state index in [0.717, 1.165) is 30.5 Å². The maximum atomic E-state index is 13.1. The SMILES string of the molecule is Cc1ccc([C@@]23CCC(=O)N2[C@H](C(=O)Nc2ccc4c(c2)CCC4)CS3)cc1. The van der Waals surface area contributed by atoms with Gasteiger partial charge in [0.25, 0.3) is 0 Å². The van der Waals surface area contributed by atoms with E-state index >= 15 is 0 Å². The van der Waals surface area contributed by atoms with Crippen molar-refractivity contribution in [3.8, 4) is 0 Å². The average molecular weight is 393 g/mol. The number of hydrogen-bond donors (Lipinski definition) is 1. The molecule has 144 valence electrons. The van der Waals surface area contributed by atoms with Gasteiger partial charge in [0, 0.05) is 17.9 Å². The number of benzene rings is 2. The minimum Gasteiger partial charge on any atom is -0.324 e. The van der Waals surface area contributed by atoms with Gasteiger partial charge < -0.3 is 10.2 Å². The third-order valence-electron chi connectivity index (χ3n) is 6.30. The van der Waals surface area contributed by atoms with Gasteiger partial charge in [-0.25, -0.2) is 0 Å². The lowest BCUT2D eigenvalue weighted by atomic mass is 10.0. The highest BCUT2D eigenvalue weighted by molar-refractivity contribution is 8.00. The van der Waals surface area contributed by atoms with E-state index in [1.807, 2.05) is 11.0 Å². The molecule has 0 radical (unpaired) electrons. The van der Waals surface area contributed by atoms with E-state index in [4.69, 9.17) is 0 Å². The number of amides is 2. The molecule has 2 saturated heterocycles. The first-order valence-corrected chi connectivity index (χ1v) is 11.0. The molecule has 0 bridgehead atoms. The van der Waals surface area contributed by atoms with Gasteiger partial charge in [-0.3, -0.25) is 9.59 Å². The zero-order valence-corrected chi connectivity index (χ0v) is 16.8. The fourth-order valence-electron chi connectivity index (χ4n) is 4.83. The number of hydrogen-bond acceptors (Lipinski definition) is 3. The Morgan fingerprint density at radius 2 is 1.89 bits per heavy atom. The Labute approximate surface area is 169 Å². The standard InChI is InChI=1S/C23H24N2O2S/c1-15-5-8-18(9-6-15)23-12-11-21(26)25(23)20(14-28-23)22(27)24-19-10-7-16-3-2-4-17(16)13-19/h5-10,13,20H,2-4,11-12,14H2,1H3,(H,24,27)/t20-,23-/m0/s1. The number of carbonyl (C=O) groups excluding carboxylic acids is 2. The molecule has 2 fully saturated rings. The lowest BCUT2D eigenvalue weighted by Gasteiger charge is -2.34. The lowest BCUT2D eigenvalue weighted by molar-refractivity contribution is -0.136. The molecule has 5 heteroatoms. The average Bonchev–Trinajstić information content (AvgIpc) is 3.38. The smallest absolute Gasteiger partial charge is 0.248 e. The summed E-state index contributed by atoms with van der Waals surface area (Å²) >= 11 is 1.73. The molecule has 3 aliphatic rings. The fraction of sp³-hybridized carbons (Fsp3) is 0.391. The highest BCUT2D eigenvalue weighted by atomic mass is 32.2. The molecule has 1 N–H and O–H groups in total. The van der Waals surface area contributed by atoms with Crippen molar-refractivity contribution in [3.05, 3.63) is 64.7 Å². The second-order valence-corrected chi connectivity index (χ2v) is 9.36. The van der Waals surface area contributed by atoms with Gasteiger partial charge in [0.05, 0.1) is 0 Å². The fourth-order valence-corrected chi connectivity index (χ4v) is 6.48. The van der Waals surface area contributed by atoms with E-state index in [0.29, 0.717) is 12.2 Å². The van der Waals surface area contributed by atoms with Crippen molar-refractivity contribution >= 4 is 29.3 Å². The van der Waals surface area contributed by atoms with Crippen molar-refractivity contribution in [2.45, 2.75) is 49.9 Å². The minimum absolute atomic E-state index is 0.0744. The summed E-state index contributed by atoms with van der Waals surface area (Å²) in [6.45, 7) is 2.06. The van der Waals surface area contributed by atoms with Crippen LogP contribution in [-0.4, -0.2) is 28.5 Å². The molecular formula is C23H24N2O2S. The van der Waals surface area contributed by atoms with Crippen LogP contribution in [0, 0.1) is 6.92 Å². The Bertz CT molecular complexity index is 956. The molecule has 4 nitrogen and oxygen atoms in total. The van der Waals surface area contributed by atoms with Crippen molar-refractivity contribution in [2.24, 2.45) is 0 Å². The first-order valence-electron chi connectivity index (χ1n) is 10.0. The summed E-state index contributed by atoms with van der Waals surface area (Å²) in [5.41, 5.74) is 5.90. The molecule has 1 aliphatic carbocycles. The molecule has 2 heterocycles. The molecule has 2 aliphatic heterocycles. The molecule has 2 aromatic rings. The van der Waals surface area contributed by atoms with Crippen LogP contribution in [0.1, 0.15) is 41.5 Å². The number of aryl methyl sites for hydroxylation is 3. The van der Waals surface area contributed by atoms with Crippen LogP contribution < -0.4 is 5.32 Å². The zero-order valence-electron chi connectivity index (χ0n) is 16.0. The van der Waals surface area contributed by atoms with Gasteiger partial charge in [-0.15, -0.1) is 11.8 Å². The summed E-state index contributed by atoms with van der Waals surface area (Å²) in [5.74, 6) is 0.644. The number of nitrogens with zero attached hydrogens (tertiary/aromatic N) is 1. The van der Waals surface area contributed by atoms with Crippen LogP contribution in [0.4, 0.5) is 5.69 Å². The maximum Gasteiger partial charge on any atom is 0.248 e. The van der Waals surface area contributed by atoms with Crippen molar-refractivity contribution in [2.75, 3.05) is 11.1 Å². The van der Waals surface area contributed by atoms with E-state index < -0.39 is 10.9 Å². The molecule has 0 unspecified atom stereocenters. The second kappa shape index (κ2) is 6.66. The van der Waals surface area contributed by atoms with Crippen molar-refractivity contribution in [1.82, 2.24) is 4.90 Å². The van der Waals surface area contributed by atoms with Crippen LogP contribution in [-0.2, 0) is 27.3 Å². The van der Waals surface area contributed by atoms with E-state index in [2.05, 4.69) is 48.6 Å². The van der Waals surface area contributed by atoms with Gasteiger partial charge >= 0.3 is 0 Å². The highest BCUT2D eigenvalue weighted by Crippen LogP contribution is 2.54. The third-order valence-corrected chi connectivity index (χ3v) is 7.90. The quantitative estimate of drug-likeness (QED) is 0.859. The molecule has 5 rings (SSSR count). The first-order chi connectivity index (χ1) is 13.6. The molecule has 0 aromatic heterocycles. The topological polar surface area (TPSA) is 49.4 Å². The van der Waals surface area contributed by atoms with Crippen LogP contribution in [0.3, 0.4) is 0 Å². The van der Waals surface area contributed by atoms with Crippen molar-refractivity contribution < 1.29 is 9.59 Å². The number of rotatable bonds is 3. The van der Waals surface area contributed by atoms with Gasteiger partial charge in [-0.05, 0) is 61.4 Å². The first kappa shape index (κ1) is 17.8. The number of carbonyl (C=O) groups is 2. The summed E-state index contributed by atoms with van der Waals surface area (Å²) in [6.07, 6.45) is 4.67. The second-order valence-electron chi connectivity index (χ2n) is 8.07. The van der Waals surface area contributed by atoms with Gasteiger partial charge in [0.15, 0.2) is 0 Å². The van der Waals surface area contributed by atoms with Gasteiger partial charge in [-0.2, -0.15) is 0 Å². The molecular weight excluding hydrogens is 368 g/mol. The number of fused-ring (bicyclic) bond motifs is 2. The Morgan fingerprint density at radius 3 is 2.71 bits per heavy atom. The Kier molecular flexibility index (Phi) is 4.23. The van der Waals surface area contributed by atoms with Crippen molar-refractivity contribution in [3.63, 3.8) is 0 Å². The normalized spacial score (nSPS) is 25.7. The molecule has 0 saturated carbocycles. The van der Waals surface area contributed by atoms with E-state index in [1.165, 1.54) is 23.1 Å². The maximum absolute atomic E-state index is 13.1. The van der Waals surface area contributed by atoms with E-state index in [9.17, 15) is 9.59 Å². The van der Waals surface area contributed by atoms with Gasteiger partial charge in [-0.1, -0.05) is 35.9 Å². The Hall–Kier alpha value is -2.27. The van der Waals surface area contributed by atoms with Crippen LogP contribution >= 0.6 is 11.8 Å². The summed E-state index contributed by atoms with van der Waals surface area (Å²) in [5, 5.41) is 3.08. The highest BCUT2D eigenvalue weighted by Gasteiger charge is 2.56. The Balaban J connectivity index is 1.40. The largest absolute Gasteiger partial charge is 0.324 e. The number of nitrogens with one attached hydrogen (secondary N) is 1. The molecule has 2 amide bonds. The van der Waals surface area contributed by atoms with Crippen LogP contribution in [0.25, 0.3) is 0 Å². The molecule has 2 aromatic carbocycles. The summed E-state index contributed by atoms with van der Waals surface area (Å²) < 4.78 is 0. The monoisotopic (exact) mass is 392 g/mol. The predicted octanol–water partition coefficient (Wildman–Crippen LogP) is 4.01. The third kappa shape index (κ3) is 2.75. The summed E-state index contributed by atoms with van der Waals surface area (Å²) in [4.78, 5) is 27.3. The number of thioether (sulfide) groups is 1. The predicted molar refractivity (Wildman–Crippen MR) is 112 cm³/mol. The van der Waals surface area contributed by atoms with Gasteiger partial charge in [0.2, 0.25) is 11.8 Å². The van der Waals surface area contributed by atoms with Crippen molar-refractivity contribution in [1.29, 1.82) is 0 Å². The van der Waals surface area contributed by atoms with Crippen LogP contribution in [0.2, 0.25) is 0 Å². The summed E-state index contributed by atoms with van der Waals surface area (Å²) in [6, 6.07) is 14.2. The minimum atomic E-state index is -0.422. The molecule has 28 heavy (non-hydrogen) atoms. The number of anilines is 1. The Morgan fingerprint density at radius 1 is 1.11 bits per heavy atom. The van der Waals surface area contributed by atoms with E-state index in [-0.39, 0.29) is 11.8 Å².